The standard InChI is InChI=1S/C33H47N5O7.C16H30N4O5.CH4O/c1-22(2)25-19-24(45-18-10-17-37(4)15-9-16-38(5)21-39)13-14-27(25)36-28(20-26(34)32(40)35-23(3)33(41)42)31-29(43-6)11-8-12-30(31)44-7;1-2-17-3-5-18(11-12-21)6-8-20(14-16(24)25)10-9-19(7-4-17)13-15(22)23;1-2/h8,11-14,19-23H,9-10,15-18,34H2,1-7H3,(H,35,40)(H,41,42);12H,2-11,13-14H2,1H3,(H,22,23)(H,24,25);2H,1H3/b26-20-,36-28?;;. The van der Waals surface area contributed by atoms with E-state index in [1.54, 1.807) is 35.0 Å². The van der Waals surface area contributed by atoms with Gasteiger partial charge < -0.3 is 65.2 Å². The first-order valence-electron chi connectivity index (χ1n) is 24.0. The number of nitrogens with two attached hydrogens (primary N) is 1. The summed E-state index contributed by atoms with van der Waals surface area (Å²) >= 11 is 0. The molecule has 72 heavy (non-hydrogen) atoms. The van der Waals surface area contributed by atoms with Gasteiger partial charge in [-0.05, 0) is 87.8 Å². The number of carboxylic acid groups (broad SMARTS) is 3. The molecule has 2 aromatic carbocycles. The van der Waals surface area contributed by atoms with Crippen LogP contribution >= 0.6 is 0 Å². The van der Waals surface area contributed by atoms with Gasteiger partial charge in [0.05, 0.1) is 63.1 Å². The number of aliphatic hydroxyl groups excluding tert-OH is 1. The lowest BCUT2D eigenvalue weighted by atomic mass is 10.00. The molecule has 1 saturated heterocycles. The van der Waals surface area contributed by atoms with Gasteiger partial charge in [-0.2, -0.15) is 0 Å². The zero-order chi connectivity index (χ0) is 54.2. The summed E-state index contributed by atoms with van der Waals surface area (Å²) in [6, 6.07) is 9.75. The van der Waals surface area contributed by atoms with E-state index in [1.165, 1.54) is 27.2 Å². The monoisotopic (exact) mass is 1020 g/mol. The van der Waals surface area contributed by atoms with Crippen molar-refractivity contribution in [1.82, 2.24) is 34.7 Å². The maximum Gasteiger partial charge on any atom is 0.325 e. The third-order valence-electron chi connectivity index (χ3n) is 11.4. The number of carbonyl (C=O) groups is 6. The molecule has 7 N–H and O–H groups in total. The molecule has 1 aliphatic rings. The number of aliphatic hydroxyl groups is 1. The van der Waals surface area contributed by atoms with Gasteiger partial charge in [-0.25, -0.2) is 4.99 Å². The summed E-state index contributed by atoms with van der Waals surface area (Å²) in [5.41, 5.74) is 8.22. The maximum absolute atomic E-state index is 12.7. The number of benzene rings is 2. The molecule has 22 heteroatoms. The zero-order valence-electron chi connectivity index (χ0n) is 43.7. The van der Waals surface area contributed by atoms with Crippen LogP contribution in [0.3, 0.4) is 0 Å². The second-order valence-corrected chi connectivity index (χ2v) is 17.2. The molecule has 3 rings (SSSR count). The lowest BCUT2D eigenvalue weighted by Crippen LogP contribution is -2.47. The number of hydrogen-bond acceptors (Lipinski definition) is 17. The van der Waals surface area contributed by atoms with Gasteiger partial charge in [0.1, 0.15) is 29.6 Å². The predicted molar refractivity (Wildman–Crippen MR) is 276 cm³/mol. The Morgan fingerprint density at radius 2 is 1.32 bits per heavy atom. The van der Waals surface area contributed by atoms with E-state index in [9.17, 15) is 33.9 Å². The molecule has 2 aromatic rings. The second kappa shape index (κ2) is 35.9. The van der Waals surface area contributed by atoms with Crippen LogP contribution < -0.4 is 25.3 Å². The smallest absolute Gasteiger partial charge is 0.325 e. The van der Waals surface area contributed by atoms with Crippen molar-refractivity contribution >= 4 is 47.9 Å². The lowest BCUT2D eigenvalue weighted by Gasteiger charge is -2.32. The van der Waals surface area contributed by atoms with Crippen molar-refractivity contribution in [1.29, 1.82) is 0 Å². The molecule has 0 radical (unpaired) electrons. The summed E-state index contributed by atoms with van der Waals surface area (Å²) in [5.74, 6) is -2.05. The number of ether oxygens (including phenoxy) is 3. The average Bonchev–Trinajstić information content (AvgIpc) is 3.35. The summed E-state index contributed by atoms with van der Waals surface area (Å²) in [6.07, 6.45) is 4.83. The average molecular weight is 1020 g/mol. The van der Waals surface area contributed by atoms with Crippen molar-refractivity contribution < 1.29 is 63.4 Å². The molecule has 404 valence electrons. The number of nitrogens with one attached hydrogen (secondary N) is 1. The fourth-order valence-electron chi connectivity index (χ4n) is 7.30. The molecular formula is C50H81N9O13. The minimum atomic E-state index is -1.19. The summed E-state index contributed by atoms with van der Waals surface area (Å²) in [7, 11) is 7.85. The lowest BCUT2D eigenvalue weighted by molar-refractivity contribution is -0.141. The van der Waals surface area contributed by atoms with Crippen LogP contribution in [0.1, 0.15) is 57.6 Å². The molecule has 0 bridgehead atoms. The number of aldehydes is 1. The number of allylic oxidation sites excluding steroid dienone is 1. The van der Waals surface area contributed by atoms with Gasteiger partial charge in [0.2, 0.25) is 6.41 Å². The van der Waals surface area contributed by atoms with Crippen molar-refractivity contribution in [2.75, 3.05) is 140 Å². The first kappa shape index (κ1) is 63.8. The number of amides is 2. The van der Waals surface area contributed by atoms with E-state index in [1.807, 2.05) is 41.8 Å². The third-order valence-corrected chi connectivity index (χ3v) is 11.4. The molecule has 0 spiro atoms. The molecule has 1 fully saturated rings. The molecule has 1 unspecified atom stereocenters. The van der Waals surface area contributed by atoms with Crippen LogP contribution in [-0.2, 0) is 28.8 Å². The predicted octanol–water partition coefficient (Wildman–Crippen LogP) is 1.76. The SMILES string of the molecule is CCN1CCN(CC=O)CCN(CC(=O)O)CCN(CC(=O)O)CC1.CO.COc1cccc(OC)c1C(/C=C(\N)C(=O)NC(C)C(=O)O)=Nc1ccc(OCCCN(C)CCCN(C)C=O)cc1C(C)C. The fourth-order valence-corrected chi connectivity index (χ4v) is 7.30. The number of hydrogen-bond donors (Lipinski definition) is 6. The van der Waals surface area contributed by atoms with Gasteiger partial charge in [0.25, 0.3) is 5.91 Å². The van der Waals surface area contributed by atoms with Crippen molar-refractivity contribution in [3.05, 3.63) is 59.3 Å². The Bertz CT molecular complexity index is 2020. The number of carbonyl (C=O) groups excluding carboxylic acids is 3. The van der Waals surface area contributed by atoms with Gasteiger partial charge >= 0.3 is 17.9 Å². The highest BCUT2D eigenvalue weighted by Gasteiger charge is 2.22. The molecule has 22 nitrogen and oxygen atoms in total. The Morgan fingerprint density at radius 3 is 1.79 bits per heavy atom. The van der Waals surface area contributed by atoms with Crippen molar-refractivity contribution in [3.8, 4) is 17.2 Å². The highest BCUT2D eigenvalue weighted by molar-refractivity contribution is 6.16. The fraction of sp³-hybridized carbons (Fsp3) is 0.580. The Morgan fingerprint density at radius 1 is 0.792 bits per heavy atom. The Hall–Kier alpha value is -6.17. The highest BCUT2D eigenvalue weighted by atomic mass is 16.5. The van der Waals surface area contributed by atoms with Crippen LogP contribution in [0.15, 0.2) is 53.2 Å². The number of nitrogens with zero attached hydrogens (tertiary/aromatic N) is 7. The Balaban J connectivity index is 0.000000810. The van der Waals surface area contributed by atoms with Crippen LogP contribution in [0, 0.1) is 0 Å². The highest BCUT2D eigenvalue weighted by Crippen LogP contribution is 2.35. The van der Waals surface area contributed by atoms with Crippen molar-refractivity contribution in [3.63, 3.8) is 0 Å². The van der Waals surface area contributed by atoms with Gasteiger partial charge in [-0.15, -0.1) is 0 Å². The van der Waals surface area contributed by atoms with Crippen LogP contribution in [-0.4, -0.2) is 238 Å². The maximum atomic E-state index is 12.7. The normalized spacial score (nSPS) is 15.1. The number of carboxylic acids is 3. The summed E-state index contributed by atoms with van der Waals surface area (Å²) in [6.45, 7) is 16.6. The van der Waals surface area contributed by atoms with E-state index in [0.717, 1.165) is 84.0 Å². The van der Waals surface area contributed by atoms with E-state index >= 15 is 0 Å². The number of aliphatic imine (C=N–C) groups is 1. The largest absolute Gasteiger partial charge is 0.496 e. The van der Waals surface area contributed by atoms with Crippen LogP contribution in [0.4, 0.5) is 5.69 Å². The van der Waals surface area contributed by atoms with E-state index in [-0.39, 0.29) is 30.4 Å². The van der Waals surface area contributed by atoms with Gasteiger partial charge in [0.15, 0.2) is 0 Å². The zero-order valence-corrected chi connectivity index (χ0v) is 43.7. The summed E-state index contributed by atoms with van der Waals surface area (Å²) in [4.78, 5) is 84.5. The minimum Gasteiger partial charge on any atom is -0.496 e. The number of rotatable bonds is 26. The quantitative estimate of drug-likeness (QED) is 0.0339. The number of aliphatic carboxylic acids is 3. The Kier molecular flexibility index (Phi) is 31.8. The minimum absolute atomic E-state index is 0.0459. The molecule has 1 aliphatic heterocycles. The molecule has 0 aromatic heterocycles. The van der Waals surface area contributed by atoms with Crippen LogP contribution in [0.25, 0.3) is 0 Å². The second-order valence-electron chi connectivity index (χ2n) is 17.2. The van der Waals surface area contributed by atoms with E-state index in [4.69, 9.17) is 40.3 Å². The summed E-state index contributed by atoms with van der Waals surface area (Å²) < 4.78 is 17.3. The van der Waals surface area contributed by atoms with Gasteiger partial charge in [0, 0.05) is 79.6 Å². The molecular weight excluding hydrogens is 935 g/mol. The first-order chi connectivity index (χ1) is 34.3. The number of likely N-dealkylation sites (N-methyl/N-ethyl adjacent to an activating group) is 1. The third kappa shape index (κ3) is 24.8. The van der Waals surface area contributed by atoms with Crippen LogP contribution in [0.5, 0.6) is 17.2 Å². The van der Waals surface area contributed by atoms with Crippen LogP contribution in [0.2, 0.25) is 0 Å². The summed E-state index contributed by atoms with van der Waals surface area (Å²) in [5, 5.41) is 36.7. The number of methoxy groups -OCH3 is 2. The van der Waals surface area contributed by atoms with Gasteiger partial charge in [-0.3, -0.25) is 38.7 Å². The first-order valence-corrected chi connectivity index (χ1v) is 24.0. The topological polar surface area (TPSA) is 281 Å². The van der Waals surface area contributed by atoms with Gasteiger partial charge in [-0.1, -0.05) is 26.8 Å². The van der Waals surface area contributed by atoms with Crippen molar-refractivity contribution in [2.45, 2.75) is 52.5 Å². The van der Waals surface area contributed by atoms with Crippen molar-refractivity contribution in [2.24, 2.45) is 10.7 Å². The molecule has 2 amide bonds. The molecule has 1 atom stereocenters. The van der Waals surface area contributed by atoms with E-state index < -0.39 is 29.9 Å². The molecule has 1 heterocycles. The van der Waals surface area contributed by atoms with E-state index in [2.05, 4.69) is 29.1 Å². The molecule has 0 saturated carbocycles. The van der Waals surface area contributed by atoms with E-state index in [0.29, 0.717) is 74.4 Å². The Labute approximate surface area is 425 Å². The molecule has 0 aliphatic carbocycles.